The SMILES string of the molecule is FCCOc1ccc(F)cc1C#CCCCl. The van der Waals surface area contributed by atoms with Crippen LogP contribution in [0.25, 0.3) is 0 Å². The fraction of sp³-hybridized carbons (Fsp3) is 0.333. The molecule has 0 aliphatic heterocycles. The lowest BCUT2D eigenvalue weighted by atomic mass is 10.2. The van der Waals surface area contributed by atoms with Crippen LogP contribution in [0.3, 0.4) is 0 Å². The molecule has 0 bridgehead atoms. The largest absolute Gasteiger partial charge is 0.490 e. The van der Waals surface area contributed by atoms with E-state index in [0.717, 1.165) is 0 Å². The van der Waals surface area contributed by atoms with Gasteiger partial charge in [0.25, 0.3) is 0 Å². The molecule has 0 saturated carbocycles. The van der Waals surface area contributed by atoms with Crippen molar-refractivity contribution in [2.24, 2.45) is 0 Å². The van der Waals surface area contributed by atoms with Gasteiger partial charge in [-0.25, -0.2) is 8.78 Å². The molecule has 1 aromatic carbocycles. The van der Waals surface area contributed by atoms with Gasteiger partial charge < -0.3 is 4.74 Å². The average molecular weight is 245 g/mol. The van der Waals surface area contributed by atoms with E-state index < -0.39 is 12.5 Å². The average Bonchev–Trinajstić information content (AvgIpc) is 2.28. The van der Waals surface area contributed by atoms with Crippen LogP contribution in [0, 0.1) is 17.7 Å². The van der Waals surface area contributed by atoms with Gasteiger partial charge >= 0.3 is 0 Å². The third-order valence-corrected chi connectivity index (χ3v) is 1.91. The van der Waals surface area contributed by atoms with Crippen molar-refractivity contribution in [3.05, 3.63) is 29.6 Å². The van der Waals surface area contributed by atoms with Crippen molar-refractivity contribution in [1.29, 1.82) is 0 Å². The fourth-order valence-corrected chi connectivity index (χ4v) is 1.17. The maximum atomic E-state index is 13.0. The van der Waals surface area contributed by atoms with Crippen molar-refractivity contribution in [2.45, 2.75) is 6.42 Å². The van der Waals surface area contributed by atoms with Gasteiger partial charge in [0, 0.05) is 12.3 Å². The van der Waals surface area contributed by atoms with Gasteiger partial charge in [-0.2, -0.15) is 0 Å². The Balaban J connectivity index is 2.86. The molecule has 16 heavy (non-hydrogen) atoms. The molecule has 4 heteroatoms. The van der Waals surface area contributed by atoms with Gasteiger partial charge in [0.2, 0.25) is 0 Å². The molecule has 0 unspecified atom stereocenters. The molecule has 1 aromatic rings. The summed E-state index contributed by atoms with van der Waals surface area (Å²) in [6.07, 6.45) is 0.515. The quantitative estimate of drug-likeness (QED) is 0.584. The monoisotopic (exact) mass is 244 g/mol. The lowest BCUT2D eigenvalue weighted by molar-refractivity contribution is 0.272. The fourth-order valence-electron chi connectivity index (χ4n) is 1.08. The summed E-state index contributed by atoms with van der Waals surface area (Å²) in [6, 6.07) is 3.95. The van der Waals surface area contributed by atoms with Crippen LogP contribution in [-0.2, 0) is 0 Å². The zero-order valence-corrected chi connectivity index (χ0v) is 9.36. The van der Waals surface area contributed by atoms with E-state index in [0.29, 0.717) is 23.6 Å². The van der Waals surface area contributed by atoms with Crippen molar-refractivity contribution in [3.63, 3.8) is 0 Å². The minimum atomic E-state index is -0.591. The van der Waals surface area contributed by atoms with E-state index >= 15 is 0 Å². The predicted octanol–water partition coefficient (Wildman–Crippen LogP) is 3.15. The van der Waals surface area contributed by atoms with Gasteiger partial charge in [-0.05, 0) is 18.2 Å². The Morgan fingerprint density at radius 1 is 1.38 bits per heavy atom. The highest BCUT2D eigenvalue weighted by Gasteiger charge is 2.02. The van der Waals surface area contributed by atoms with E-state index in [1.165, 1.54) is 18.2 Å². The second-order valence-corrected chi connectivity index (χ2v) is 3.30. The van der Waals surface area contributed by atoms with E-state index in [-0.39, 0.29) is 6.61 Å². The molecule has 86 valence electrons. The third kappa shape index (κ3) is 4.08. The first kappa shape index (κ1) is 12.8. The number of alkyl halides is 2. The molecule has 0 radical (unpaired) electrons. The number of hydrogen-bond donors (Lipinski definition) is 0. The first-order valence-electron chi connectivity index (χ1n) is 4.81. The molecule has 0 amide bonds. The van der Waals surface area contributed by atoms with Crippen LogP contribution < -0.4 is 4.74 Å². The Kier molecular flexibility index (Phi) is 5.66. The summed E-state index contributed by atoms with van der Waals surface area (Å²) in [5.74, 6) is 5.92. The minimum Gasteiger partial charge on any atom is -0.490 e. The number of rotatable bonds is 4. The lowest BCUT2D eigenvalue weighted by Crippen LogP contribution is -2.00. The van der Waals surface area contributed by atoms with Gasteiger partial charge in [0.15, 0.2) is 0 Å². The van der Waals surface area contributed by atoms with E-state index in [9.17, 15) is 8.78 Å². The summed E-state index contributed by atoms with van der Waals surface area (Å²) in [5.41, 5.74) is 0.415. The van der Waals surface area contributed by atoms with Crippen LogP contribution >= 0.6 is 11.6 Å². The second kappa shape index (κ2) is 7.08. The molecule has 0 atom stereocenters. The molecule has 0 aliphatic carbocycles. The van der Waals surface area contributed by atoms with Crippen LogP contribution in [0.5, 0.6) is 5.75 Å². The molecule has 1 rings (SSSR count). The Morgan fingerprint density at radius 2 is 2.19 bits per heavy atom. The van der Waals surface area contributed by atoms with Crippen LogP contribution in [0.1, 0.15) is 12.0 Å². The van der Waals surface area contributed by atoms with Crippen LogP contribution in [0.4, 0.5) is 8.78 Å². The third-order valence-electron chi connectivity index (χ3n) is 1.72. The van der Waals surface area contributed by atoms with Crippen LogP contribution in [0.2, 0.25) is 0 Å². The summed E-state index contributed by atoms with van der Waals surface area (Å²) in [5, 5.41) is 0. The normalized spacial score (nSPS) is 9.44. The van der Waals surface area contributed by atoms with E-state index in [4.69, 9.17) is 16.3 Å². The summed E-state index contributed by atoms with van der Waals surface area (Å²) in [4.78, 5) is 0. The molecular formula is C12H11ClF2O. The minimum absolute atomic E-state index is 0.0597. The van der Waals surface area contributed by atoms with Gasteiger partial charge in [0.1, 0.15) is 24.8 Å². The number of halogens is 3. The van der Waals surface area contributed by atoms with Crippen molar-refractivity contribution < 1.29 is 13.5 Å². The van der Waals surface area contributed by atoms with Gasteiger partial charge in [-0.3, -0.25) is 0 Å². The lowest BCUT2D eigenvalue weighted by Gasteiger charge is -2.05. The highest BCUT2D eigenvalue weighted by atomic mass is 35.5. The van der Waals surface area contributed by atoms with Crippen molar-refractivity contribution in [1.82, 2.24) is 0 Å². The Labute approximate surface area is 98.4 Å². The highest BCUT2D eigenvalue weighted by Crippen LogP contribution is 2.18. The maximum absolute atomic E-state index is 13.0. The van der Waals surface area contributed by atoms with Crippen molar-refractivity contribution in [2.75, 3.05) is 19.2 Å². The number of hydrogen-bond acceptors (Lipinski definition) is 1. The summed E-state index contributed by atoms with van der Waals surface area (Å²) >= 11 is 5.47. The zero-order chi connectivity index (χ0) is 11.8. The second-order valence-electron chi connectivity index (χ2n) is 2.92. The zero-order valence-electron chi connectivity index (χ0n) is 8.60. The molecule has 0 aromatic heterocycles. The van der Waals surface area contributed by atoms with E-state index in [1.807, 2.05) is 0 Å². The molecule has 1 nitrogen and oxygen atoms in total. The number of benzene rings is 1. The van der Waals surface area contributed by atoms with Gasteiger partial charge in [0.05, 0.1) is 5.56 Å². The molecule has 0 heterocycles. The Bertz CT molecular complexity index is 396. The maximum Gasteiger partial charge on any atom is 0.135 e. The Hall–Kier alpha value is -1.27. The van der Waals surface area contributed by atoms with Crippen molar-refractivity contribution >= 4 is 11.6 Å². The topological polar surface area (TPSA) is 9.23 Å². The molecule has 0 fully saturated rings. The molecule has 0 spiro atoms. The molecular weight excluding hydrogens is 234 g/mol. The summed E-state index contributed by atoms with van der Waals surface area (Å²) < 4.78 is 30.0. The molecule has 0 N–H and O–H groups in total. The number of ether oxygens (including phenoxy) is 1. The summed E-state index contributed by atoms with van der Waals surface area (Å²) in [7, 11) is 0. The first-order chi connectivity index (χ1) is 7.77. The standard InChI is InChI=1S/C12H11ClF2O/c13-6-2-1-3-10-9-11(15)4-5-12(10)16-8-7-14/h4-5,9H,2,6-8H2. The van der Waals surface area contributed by atoms with E-state index in [1.54, 1.807) is 0 Å². The predicted molar refractivity (Wildman–Crippen MR) is 60.1 cm³/mol. The van der Waals surface area contributed by atoms with Crippen molar-refractivity contribution in [3.8, 4) is 17.6 Å². The Morgan fingerprint density at radius 3 is 2.88 bits per heavy atom. The molecule has 0 saturated heterocycles. The smallest absolute Gasteiger partial charge is 0.135 e. The van der Waals surface area contributed by atoms with Gasteiger partial charge in [-0.15, -0.1) is 11.6 Å². The summed E-state index contributed by atoms with van der Waals surface area (Å²) in [6.45, 7) is -0.651. The molecule has 0 aliphatic rings. The first-order valence-corrected chi connectivity index (χ1v) is 5.34. The van der Waals surface area contributed by atoms with Crippen LogP contribution in [-0.4, -0.2) is 19.2 Å². The van der Waals surface area contributed by atoms with Gasteiger partial charge in [-0.1, -0.05) is 11.8 Å². The van der Waals surface area contributed by atoms with Crippen LogP contribution in [0.15, 0.2) is 18.2 Å². The van der Waals surface area contributed by atoms with E-state index in [2.05, 4.69) is 11.8 Å². The highest BCUT2D eigenvalue weighted by molar-refractivity contribution is 6.18.